The van der Waals surface area contributed by atoms with Crippen LogP contribution in [0, 0.1) is 0 Å². The van der Waals surface area contributed by atoms with E-state index in [-0.39, 0.29) is 16.9 Å². The third-order valence-electron chi connectivity index (χ3n) is 2.53. The molecule has 0 aliphatic rings. The molecule has 0 saturated carbocycles. The van der Waals surface area contributed by atoms with Crippen LogP contribution in [-0.2, 0) is 4.79 Å². The van der Waals surface area contributed by atoms with Gasteiger partial charge < -0.3 is 16.0 Å². The Morgan fingerprint density at radius 3 is 2.79 bits per heavy atom. The number of nitrogens with one attached hydrogen (secondary N) is 1. The molecule has 104 valence electrons. The number of aromatic nitrogens is 1. The van der Waals surface area contributed by atoms with Crippen LogP contribution in [0.2, 0.25) is 0 Å². The van der Waals surface area contributed by atoms with Gasteiger partial charge in [-0.3, -0.25) is 9.78 Å². The third-order valence-corrected chi connectivity index (χ3v) is 2.74. The molecule has 5 nitrogen and oxygen atoms in total. The summed E-state index contributed by atoms with van der Waals surface area (Å²) in [5.74, 6) is -0.00876. The van der Waals surface area contributed by atoms with E-state index in [0.717, 1.165) is 5.69 Å². The number of nitrogens with two attached hydrogens (primary N) is 1. The van der Waals surface area contributed by atoms with Gasteiger partial charge in [0, 0.05) is 24.5 Å². The molecule has 0 spiro atoms. The van der Waals surface area contributed by atoms with Gasteiger partial charge >= 0.3 is 0 Å². The highest BCUT2D eigenvalue weighted by Gasteiger charge is 2.12. The molecule has 0 aliphatic heterocycles. The van der Waals surface area contributed by atoms with Crippen LogP contribution in [0.15, 0.2) is 18.3 Å². The zero-order valence-electron chi connectivity index (χ0n) is 11.5. The number of thiocarbonyl (C=S) groups is 1. The quantitative estimate of drug-likeness (QED) is 0.763. The van der Waals surface area contributed by atoms with E-state index in [0.29, 0.717) is 18.8 Å². The van der Waals surface area contributed by atoms with E-state index >= 15 is 0 Å². The molecule has 0 bridgehead atoms. The second-order valence-corrected chi connectivity index (χ2v) is 4.94. The Labute approximate surface area is 119 Å². The second-order valence-electron chi connectivity index (χ2n) is 4.50. The molecule has 1 heterocycles. The summed E-state index contributed by atoms with van der Waals surface area (Å²) in [6.45, 7) is 6.88. The lowest BCUT2D eigenvalue weighted by molar-refractivity contribution is -0.120. The first-order valence-corrected chi connectivity index (χ1v) is 6.65. The van der Waals surface area contributed by atoms with E-state index in [4.69, 9.17) is 18.0 Å². The number of nitrogens with zero attached hydrogens (tertiary/aromatic N) is 2. The molecule has 3 N–H and O–H groups in total. The van der Waals surface area contributed by atoms with Crippen molar-refractivity contribution >= 4 is 28.8 Å². The number of anilines is 1. The minimum absolute atomic E-state index is 0.00876. The molecule has 6 heteroatoms. The van der Waals surface area contributed by atoms with Crippen LogP contribution in [-0.4, -0.2) is 35.0 Å². The summed E-state index contributed by atoms with van der Waals surface area (Å²) in [5, 5.41) is 2.87. The Morgan fingerprint density at radius 1 is 1.58 bits per heavy atom. The van der Waals surface area contributed by atoms with Crippen molar-refractivity contribution in [2.45, 2.75) is 26.8 Å². The molecule has 0 aliphatic carbocycles. The van der Waals surface area contributed by atoms with Crippen LogP contribution in [0.3, 0.4) is 0 Å². The Bertz CT molecular complexity index is 462. The summed E-state index contributed by atoms with van der Waals surface area (Å²) >= 11 is 4.91. The van der Waals surface area contributed by atoms with Crippen LogP contribution in [0.25, 0.3) is 0 Å². The van der Waals surface area contributed by atoms with Crippen LogP contribution >= 0.6 is 12.2 Å². The van der Waals surface area contributed by atoms with Crippen molar-refractivity contribution in [3.63, 3.8) is 0 Å². The topological polar surface area (TPSA) is 71.2 Å². The van der Waals surface area contributed by atoms with Gasteiger partial charge in [0.05, 0.1) is 12.2 Å². The van der Waals surface area contributed by atoms with Gasteiger partial charge in [-0.15, -0.1) is 0 Å². The highest BCUT2D eigenvalue weighted by molar-refractivity contribution is 7.80. The normalized spacial score (nSPS) is 10.3. The van der Waals surface area contributed by atoms with Crippen molar-refractivity contribution < 1.29 is 4.79 Å². The summed E-state index contributed by atoms with van der Waals surface area (Å²) in [5.41, 5.74) is 7.02. The molecule has 1 aromatic heterocycles. The van der Waals surface area contributed by atoms with Gasteiger partial charge in [0.15, 0.2) is 0 Å². The fourth-order valence-corrected chi connectivity index (χ4v) is 1.79. The Balaban J connectivity index is 2.82. The van der Waals surface area contributed by atoms with Gasteiger partial charge in [0.1, 0.15) is 4.99 Å². The summed E-state index contributed by atoms with van der Waals surface area (Å²) in [6.07, 6.45) is 1.65. The number of likely N-dealkylation sites (N-methyl/N-ethyl adjacent to an activating group) is 1. The van der Waals surface area contributed by atoms with Gasteiger partial charge in [0.2, 0.25) is 5.91 Å². The van der Waals surface area contributed by atoms with E-state index in [1.807, 2.05) is 31.7 Å². The average molecular weight is 280 g/mol. The van der Waals surface area contributed by atoms with Crippen molar-refractivity contribution in [3.05, 3.63) is 24.0 Å². The maximum Gasteiger partial charge on any atom is 0.239 e. The van der Waals surface area contributed by atoms with Gasteiger partial charge in [-0.1, -0.05) is 12.2 Å². The molecule has 0 atom stereocenters. The third kappa shape index (κ3) is 4.82. The lowest BCUT2D eigenvalue weighted by Gasteiger charge is -2.23. The number of amides is 1. The molecule has 1 aromatic rings. The highest BCUT2D eigenvalue weighted by atomic mass is 32.1. The Kier molecular flexibility index (Phi) is 5.69. The average Bonchev–Trinajstić information content (AvgIpc) is 2.35. The van der Waals surface area contributed by atoms with E-state index < -0.39 is 0 Å². The molecule has 0 aromatic carbocycles. The Morgan fingerprint density at radius 2 is 2.26 bits per heavy atom. The predicted octanol–water partition coefficient (Wildman–Crippen LogP) is 1.07. The zero-order chi connectivity index (χ0) is 14.4. The number of rotatable bonds is 6. The Hall–Kier alpha value is -1.69. The largest absolute Gasteiger partial charge is 0.388 e. The monoisotopic (exact) mass is 280 g/mol. The van der Waals surface area contributed by atoms with Crippen LogP contribution < -0.4 is 16.0 Å². The van der Waals surface area contributed by atoms with Gasteiger partial charge in [-0.05, 0) is 32.9 Å². The maximum atomic E-state index is 11.8. The van der Waals surface area contributed by atoms with Crippen molar-refractivity contribution in [1.82, 2.24) is 10.3 Å². The minimum atomic E-state index is -0.00876. The lowest BCUT2D eigenvalue weighted by atomic mass is 10.2. The lowest BCUT2D eigenvalue weighted by Crippen LogP contribution is -2.40. The highest BCUT2D eigenvalue weighted by Crippen LogP contribution is 2.14. The molecule has 0 unspecified atom stereocenters. The van der Waals surface area contributed by atoms with E-state index in [2.05, 4.69) is 10.3 Å². The van der Waals surface area contributed by atoms with E-state index in [1.54, 1.807) is 12.3 Å². The number of hydrogen-bond acceptors (Lipinski definition) is 4. The smallest absolute Gasteiger partial charge is 0.239 e. The first kappa shape index (κ1) is 15.4. The van der Waals surface area contributed by atoms with Gasteiger partial charge in [0.25, 0.3) is 0 Å². The number of carbonyl (C=O) groups excluding carboxylic acids is 1. The number of pyridine rings is 1. The predicted molar refractivity (Wildman–Crippen MR) is 81.3 cm³/mol. The zero-order valence-corrected chi connectivity index (χ0v) is 12.3. The van der Waals surface area contributed by atoms with Crippen molar-refractivity contribution in [1.29, 1.82) is 0 Å². The van der Waals surface area contributed by atoms with Crippen LogP contribution in [0.1, 0.15) is 26.5 Å². The summed E-state index contributed by atoms with van der Waals surface area (Å²) in [4.78, 5) is 18.1. The SMILES string of the molecule is CCN(CC(=O)NC(C)C)c1ccnc(C(N)=S)c1. The van der Waals surface area contributed by atoms with Gasteiger partial charge in [-0.25, -0.2) is 0 Å². The minimum Gasteiger partial charge on any atom is -0.388 e. The fraction of sp³-hybridized carbons (Fsp3) is 0.462. The molecule has 19 heavy (non-hydrogen) atoms. The summed E-state index contributed by atoms with van der Waals surface area (Å²) in [7, 11) is 0. The second kappa shape index (κ2) is 7.04. The number of carbonyl (C=O) groups is 1. The van der Waals surface area contributed by atoms with Crippen molar-refractivity contribution in [2.75, 3.05) is 18.0 Å². The first-order chi connectivity index (χ1) is 8.93. The standard InChI is InChI=1S/C13H20N4OS/c1-4-17(8-12(18)16-9(2)3)10-5-6-15-11(7-10)13(14)19/h5-7,9H,4,8H2,1-3H3,(H2,14,19)(H,16,18). The molecular weight excluding hydrogens is 260 g/mol. The molecule has 1 rings (SSSR count). The van der Waals surface area contributed by atoms with Crippen molar-refractivity contribution in [2.24, 2.45) is 5.73 Å². The summed E-state index contributed by atoms with van der Waals surface area (Å²) in [6, 6.07) is 3.78. The summed E-state index contributed by atoms with van der Waals surface area (Å²) < 4.78 is 0. The molecule has 1 amide bonds. The molecular formula is C13H20N4OS. The molecule has 0 fully saturated rings. The fourth-order valence-electron chi connectivity index (χ4n) is 1.68. The number of hydrogen-bond donors (Lipinski definition) is 2. The van der Waals surface area contributed by atoms with E-state index in [9.17, 15) is 4.79 Å². The maximum absolute atomic E-state index is 11.8. The molecule has 0 radical (unpaired) electrons. The van der Waals surface area contributed by atoms with Crippen molar-refractivity contribution in [3.8, 4) is 0 Å². The van der Waals surface area contributed by atoms with Crippen LogP contribution in [0.5, 0.6) is 0 Å². The first-order valence-electron chi connectivity index (χ1n) is 6.24. The van der Waals surface area contributed by atoms with E-state index in [1.165, 1.54) is 0 Å². The molecule has 0 saturated heterocycles. The van der Waals surface area contributed by atoms with Crippen LogP contribution in [0.4, 0.5) is 5.69 Å². The van der Waals surface area contributed by atoms with Gasteiger partial charge in [-0.2, -0.15) is 0 Å².